The van der Waals surface area contributed by atoms with E-state index in [4.69, 9.17) is 5.11 Å². The number of β-amino-alcohol motifs (C(OH)–C–C–N with tert-alkyl or cyclic N) is 1. The Morgan fingerprint density at radius 3 is 2.80 bits per heavy atom. The molecule has 0 spiro atoms. The molecule has 5 heteroatoms. The fraction of sp³-hybridized carbons (Fsp3) is 0.900. The summed E-state index contributed by atoms with van der Waals surface area (Å²) < 4.78 is 0. The van der Waals surface area contributed by atoms with Gasteiger partial charge in [-0.2, -0.15) is 0 Å². The van der Waals surface area contributed by atoms with E-state index < -0.39 is 6.10 Å². The summed E-state index contributed by atoms with van der Waals surface area (Å²) in [6.07, 6.45) is 0.694. The number of aliphatic hydroxyl groups is 2. The lowest BCUT2D eigenvalue weighted by Gasteiger charge is -2.23. The molecule has 0 aliphatic carbocycles. The maximum absolute atomic E-state index is 11.9. The Hall–Kier alpha value is -0.650. The fourth-order valence-corrected chi connectivity index (χ4v) is 1.81. The minimum atomic E-state index is -0.407. The lowest BCUT2D eigenvalue weighted by atomic mass is 10.1. The van der Waals surface area contributed by atoms with Crippen molar-refractivity contribution >= 4 is 5.91 Å². The van der Waals surface area contributed by atoms with Gasteiger partial charge in [-0.25, -0.2) is 0 Å². The Morgan fingerprint density at radius 2 is 2.33 bits per heavy atom. The van der Waals surface area contributed by atoms with E-state index in [-0.39, 0.29) is 18.6 Å². The second kappa shape index (κ2) is 6.05. The van der Waals surface area contributed by atoms with Crippen molar-refractivity contribution in [2.75, 3.05) is 26.2 Å². The largest absolute Gasteiger partial charge is 0.396 e. The van der Waals surface area contributed by atoms with Gasteiger partial charge in [0.1, 0.15) is 0 Å². The molecule has 1 amide bonds. The van der Waals surface area contributed by atoms with Crippen LogP contribution < -0.4 is 5.32 Å². The molecule has 0 aromatic carbocycles. The first kappa shape index (κ1) is 12.4. The molecular weight excluding hydrogens is 196 g/mol. The van der Waals surface area contributed by atoms with Crippen LogP contribution in [0.1, 0.15) is 19.8 Å². The maximum atomic E-state index is 11.9. The van der Waals surface area contributed by atoms with Crippen molar-refractivity contribution in [3.63, 3.8) is 0 Å². The molecular formula is C10H20N2O3. The summed E-state index contributed by atoms with van der Waals surface area (Å²) in [6, 6.07) is -0.251. The fourth-order valence-electron chi connectivity index (χ4n) is 1.81. The number of hydrogen-bond acceptors (Lipinski definition) is 4. The van der Waals surface area contributed by atoms with Crippen LogP contribution in [0.25, 0.3) is 0 Å². The van der Waals surface area contributed by atoms with Gasteiger partial charge in [-0.15, -0.1) is 0 Å². The Labute approximate surface area is 90.1 Å². The van der Waals surface area contributed by atoms with Crippen LogP contribution in [0.5, 0.6) is 0 Å². The van der Waals surface area contributed by atoms with Gasteiger partial charge in [0.05, 0.1) is 12.1 Å². The average Bonchev–Trinajstić information content (AvgIpc) is 2.65. The normalized spacial score (nSPS) is 25.5. The molecule has 88 valence electrons. The third-order valence-corrected chi connectivity index (χ3v) is 2.69. The van der Waals surface area contributed by atoms with Crippen molar-refractivity contribution in [2.45, 2.75) is 31.9 Å². The van der Waals surface area contributed by atoms with Gasteiger partial charge in [-0.1, -0.05) is 0 Å². The lowest BCUT2D eigenvalue weighted by Crippen LogP contribution is -2.44. The summed E-state index contributed by atoms with van der Waals surface area (Å²) in [5.74, 6) is 0.0301. The molecule has 1 fully saturated rings. The number of hydrogen-bond donors (Lipinski definition) is 3. The van der Waals surface area contributed by atoms with Gasteiger partial charge in [-0.05, 0) is 19.8 Å². The Morgan fingerprint density at radius 1 is 1.60 bits per heavy atom. The number of likely N-dealkylation sites (N-methyl/N-ethyl adjacent to an activating group) is 1. The zero-order valence-electron chi connectivity index (χ0n) is 9.15. The van der Waals surface area contributed by atoms with Crippen LogP contribution in [-0.2, 0) is 4.79 Å². The predicted molar refractivity (Wildman–Crippen MR) is 56.4 cm³/mol. The molecule has 1 aliphatic rings. The van der Waals surface area contributed by atoms with Crippen LogP contribution in [0, 0.1) is 0 Å². The Kier molecular flexibility index (Phi) is 5.01. The van der Waals surface area contributed by atoms with Gasteiger partial charge in [-0.3, -0.25) is 4.79 Å². The Bertz CT molecular complexity index is 211. The van der Waals surface area contributed by atoms with Gasteiger partial charge in [0, 0.05) is 26.2 Å². The molecule has 0 aromatic rings. The van der Waals surface area contributed by atoms with Gasteiger partial charge >= 0.3 is 0 Å². The van der Waals surface area contributed by atoms with Crippen LogP contribution in [0.15, 0.2) is 0 Å². The Balaban J connectivity index is 2.42. The lowest BCUT2D eigenvalue weighted by molar-refractivity contribution is -0.133. The second-order valence-corrected chi connectivity index (χ2v) is 3.85. The van der Waals surface area contributed by atoms with Crippen molar-refractivity contribution in [3.8, 4) is 0 Å². The maximum Gasteiger partial charge on any atom is 0.239 e. The van der Waals surface area contributed by atoms with Gasteiger partial charge in [0.2, 0.25) is 5.91 Å². The SMILES string of the molecule is CCN(CCCO)C(=O)C1CC(O)CN1. The second-order valence-electron chi connectivity index (χ2n) is 3.85. The molecule has 3 N–H and O–H groups in total. The first-order chi connectivity index (χ1) is 7.19. The number of nitrogens with zero attached hydrogens (tertiary/aromatic N) is 1. The predicted octanol–water partition coefficient (Wildman–Crippen LogP) is -1.06. The van der Waals surface area contributed by atoms with E-state index in [1.165, 1.54) is 0 Å². The monoisotopic (exact) mass is 216 g/mol. The number of carbonyl (C=O) groups is 1. The summed E-state index contributed by atoms with van der Waals surface area (Å²) in [6.45, 7) is 3.74. The molecule has 0 aromatic heterocycles. The van der Waals surface area contributed by atoms with E-state index in [1.54, 1.807) is 4.90 Å². The summed E-state index contributed by atoms with van der Waals surface area (Å²) >= 11 is 0. The van der Waals surface area contributed by atoms with E-state index in [0.29, 0.717) is 32.5 Å². The van der Waals surface area contributed by atoms with Crippen molar-refractivity contribution in [2.24, 2.45) is 0 Å². The third kappa shape index (κ3) is 3.44. The van der Waals surface area contributed by atoms with Gasteiger partial charge < -0.3 is 20.4 Å². The first-order valence-corrected chi connectivity index (χ1v) is 5.50. The van der Waals surface area contributed by atoms with Crippen LogP contribution in [0.3, 0.4) is 0 Å². The zero-order chi connectivity index (χ0) is 11.3. The summed E-state index contributed by atoms with van der Waals surface area (Å²) in [5, 5.41) is 21.0. The quantitative estimate of drug-likeness (QED) is 0.548. The van der Waals surface area contributed by atoms with Gasteiger partial charge in [0.15, 0.2) is 0 Å². The van der Waals surface area contributed by atoms with Crippen LogP contribution in [0.2, 0.25) is 0 Å². The highest BCUT2D eigenvalue weighted by Crippen LogP contribution is 2.09. The molecule has 1 saturated heterocycles. The van der Waals surface area contributed by atoms with Crippen molar-refractivity contribution < 1.29 is 15.0 Å². The van der Waals surface area contributed by atoms with Crippen molar-refractivity contribution in [1.82, 2.24) is 10.2 Å². The number of amides is 1. The highest BCUT2D eigenvalue weighted by molar-refractivity contribution is 5.82. The number of aliphatic hydroxyl groups excluding tert-OH is 2. The third-order valence-electron chi connectivity index (χ3n) is 2.69. The van der Waals surface area contributed by atoms with Crippen molar-refractivity contribution in [3.05, 3.63) is 0 Å². The molecule has 0 bridgehead atoms. The molecule has 2 unspecified atom stereocenters. The molecule has 2 atom stereocenters. The smallest absolute Gasteiger partial charge is 0.239 e. The molecule has 1 rings (SSSR count). The minimum absolute atomic E-state index is 0.0301. The van der Waals surface area contributed by atoms with E-state index in [0.717, 1.165) is 0 Å². The standard InChI is InChI=1S/C10H20N2O3/c1-2-12(4-3-5-13)10(15)9-6-8(14)7-11-9/h8-9,11,13-14H,2-7H2,1H3. The van der Waals surface area contributed by atoms with Crippen LogP contribution >= 0.6 is 0 Å². The zero-order valence-corrected chi connectivity index (χ0v) is 9.15. The summed E-state index contributed by atoms with van der Waals surface area (Å²) in [4.78, 5) is 13.6. The average molecular weight is 216 g/mol. The van der Waals surface area contributed by atoms with E-state index in [1.807, 2.05) is 6.92 Å². The van der Waals surface area contributed by atoms with E-state index in [2.05, 4.69) is 5.32 Å². The highest BCUT2D eigenvalue weighted by atomic mass is 16.3. The molecule has 5 nitrogen and oxygen atoms in total. The van der Waals surface area contributed by atoms with E-state index in [9.17, 15) is 9.90 Å². The molecule has 15 heavy (non-hydrogen) atoms. The highest BCUT2D eigenvalue weighted by Gasteiger charge is 2.30. The van der Waals surface area contributed by atoms with Crippen LogP contribution in [0.4, 0.5) is 0 Å². The summed E-state index contributed by atoms with van der Waals surface area (Å²) in [5.41, 5.74) is 0. The van der Waals surface area contributed by atoms with Crippen LogP contribution in [-0.4, -0.2) is 59.4 Å². The van der Waals surface area contributed by atoms with Crippen molar-refractivity contribution in [1.29, 1.82) is 0 Å². The number of rotatable bonds is 5. The molecule has 0 radical (unpaired) electrons. The number of carbonyl (C=O) groups excluding carboxylic acids is 1. The number of nitrogens with one attached hydrogen (secondary N) is 1. The topological polar surface area (TPSA) is 72.8 Å². The van der Waals surface area contributed by atoms with E-state index >= 15 is 0 Å². The molecule has 0 saturated carbocycles. The molecule has 1 heterocycles. The summed E-state index contributed by atoms with van der Waals surface area (Å²) in [7, 11) is 0. The first-order valence-electron chi connectivity index (χ1n) is 5.50. The minimum Gasteiger partial charge on any atom is -0.396 e. The van der Waals surface area contributed by atoms with Gasteiger partial charge in [0.25, 0.3) is 0 Å². The molecule has 1 aliphatic heterocycles.